The molecule has 1 fully saturated rings. The Hall–Kier alpha value is -1.72. The van der Waals surface area contributed by atoms with Crippen molar-refractivity contribution in [3.8, 4) is 5.88 Å². The fraction of sp³-hybridized carbons (Fsp3) is 0.667. The Labute approximate surface area is 107 Å². The third-order valence-electron chi connectivity index (χ3n) is 3.06. The molecule has 18 heavy (non-hydrogen) atoms. The minimum Gasteiger partial charge on any atom is -0.481 e. The minimum atomic E-state index is 0.591. The SMILES string of the molecule is CN=C(NCc1c(C)nn(C)c1OC)NC1CC1. The Bertz CT molecular complexity index is 448. The monoisotopic (exact) mass is 251 g/mol. The molecule has 0 aliphatic heterocycles. The molecule has 0 radical (unpaired) electrons. The van der Waals surface area contributed by atoms with Crippen LogP contribution in [0.1, 0.15) is 24.1 Å². The standard InChI is InChI=1S/C12H21N5O/c1-8-10(11(18-4)17(3)16-8)7-14-12(13-2)15-9-5-6-9/h9H,5-7H2,1-4H3,(H2,13,14,15). The van der Waals surface area contributed by atoms with Gasteiger partial charge in [0.05, 0.1) is 24.9 Å². The number of ether oxygens (including phenoxy) is 1. The van der Waals surface area contributed by atoms with Crippen molar-refractivity contribution in [1.82, 2.24) is 20.4 Å². The van der Waals surface area contributed by atoms with Gasteiger partial charge in [-0.05, 0) is 19.8 Å². The molecule has 1 aromatic rings. The van der Waals surface area contributed by atoms with Crippen LogP contribution in [0.5, 0.6) is 5.88 Å². The first-order valence-corrected chi connectivity index (χ1v) is 6.19. The van der Waals surface area contributed by atoms with Gasteiger partial charge < -0.3 is 15.4 Å². The molecule has 1 aromatic heterocycles. The fourth-order valence-electron chi connectivity index (χ4n) is 1.93. The van der Waals surface area contributed by atoms with Crippen LogP contribution in [0.25, 0.3) is 0 Å². The molecule has 1 aliphatic carbocycles. The van der Waals surface area contributed by atoms with Crippen molar-refractivity contribution in [2.75, 3.05) is 14.2 Å². The smallest absolute Gasteiger partial charge is 0.216 e. The third-order valence-corrected chi connectivity index (χ3v) is 3.06. The first-order valence-electron chi connectivity index (χ1n) is 6.19. The Morgan fingerprint density at radius 3 is 2.83 bits per heavy atom. The van der Waals surface area contributed by atoms with Gasteiger partial charge in [0.25, 0.3) is 0 Å². The summed E-state index contributed by atoms with van der Waals surface area (Å²) in [5.74, 6) is 1.63. The van der Waals surface area contributed by atoms with Gasteiger partial charge in [0, 0.05) is 20.1 Å². The van der Waals surface area contributed by atoms with Gasteiger partial charge in [-0.15, -0.1) is 0 Å². The highest BCUT2D eigenvalue weighted by Crippen LogP contribution is 2.21. The summed E-state index contributed by atoms with van der Waals surface area (Å²) in [4.78, 5) is 4.20. The molecular weight excluding hydrogens is 230 g/mol. The maximum absolute atomic E-state index is 5.36. The topological polar surface area (TPSA) is 63.5 Å². The summed E-state index contributed by atoms with van der Waals surface area (Å²) in [5.41, 5.74) is 2.04. The van der Waals surface area contributed by atoms with Crippen LogP contribution in [0, 0.1) is 6.92 Å². The zero-order valence-corrected chi connectivity index (χ0v) is 11.4. The molecule has 100 valence electrons. The van der Waals surface area contributed by atoms with E-state index in [9.17, 15) is 0 Å². The van der Waals surface area contributed by atoms with E-state index in [2.05, 4.69) is 20.7 Å². The normalized spacial score (nSPS) is 15.7. The summed E-state index contributed by atoms with van der Waals surface area (Å²) in [7, 11) is 5.33. The molecule has 0 atom stereocenters. The lowest BCUT2D eigenvalue weighted by Gasteiger charge is -2.11. The lowest BCUT2D eigenvalue weighted by atomic mass is 10.2. The van der Waals surface area contributed by atoms with Gasteiger partial charge >= 0.3 is 0 Å². The van der Waals surface area contributed by atoms with Gasteiger partial charge in [-0.3, -0.25) is 4.99 Å². The van der Waals surface area contributed by atoms with Gasteiger partial charge in [-0.25, -0.2) is 4.68 Å². The predicted molar refractivity (Wildman–Crippen MR) is 70.9 cm³/mol. The number of hydrogen-bond acceptors (Lipinski definition) is 3. The van der Waals surface area contributed by atoms with Crippen LogP contribution >= 0.6 is 0 Å². The minimum absolute atomic E-state index is 0.591. The van der Waals surface area contributed by atoms with E-state index in [1.807, 2.05) is 14.0 Å². The van der Waals surface area contributed by atoms with Crippen molar-refractivity contribution >= 4 is 5.96 Å². The van der Waals surface area contributed by atoms with E-state index in [1.165, 1.54) is 12.8 Å². The van der Waals surface area contributed by atoms with Gasteiger partial charge in [0.2, 0.25) is 5.88 Å². The van der Waals surface area contributed by atoms with Crippen molar-refractivity contribution in [1.29, 1.82) is 0 Å². The second-order valence-electron chi connectivity index (χ2n) is 4.54. The summed E-state index contributed by atoms with van der Waals surface area (Å²) in [6.07, 6.45) is 2.46. The van der Waals surface area contributed by atoms with Gasteiger partial charge in [0.1, 0.15) is 0 Å². The average Bonchev–Trinajstić information content (AvgIpc) is 3.11. The maximum atomic E-state index is 5.36. The van der Waals surface area contributed by atoms with Crippen LogP contribution < -0.4 is 15.4 Å². The van der Waals surface area contributed by atoms with Crippen molar-refractivity contribution < 1.29 is 4.74 Å². The zero-order valence-electron chi connectivity index (χ0n) is 11.4. The highest BCUT2D eigenvalue weighted by atomic mass is 16.5. The number of nitrogens with zero attached hydrogens (tertiary/aromatic N) is 3. The summed E-state index contributed by atoms with van der Waals surface area (Å²) < 4.78 is 7.11. The molecule has 2 rings (SSSR count). The largest absolute Gasteiger partial charge is 0.481 e. The van der Waals surface area contributed by atoms with E-state index in [0.717, 1.165) is 23.1 Å². The van der Waals surface area contributed by atoms with E-state index in [1.54, 1.807) is 18.8 Å². The number of rotatable bonds is 4. The summed E-state index contributed by atoms with van der Waals surface area (Å²) in [6, 6.07) is 0.591. The van der Waals surface area contributed by atoms with Crippen LogP contribution in [0.4, 0.5) is 0 Å². The third kappa shape index (κ3) is 2.75. The Morgan fingerprint density at radius 1 is 1.56 bits per heavy atom. The quantitative estimate of drug-likeness (QED) is 0.606. The molecule has 1 aliphatic rings. The molecule has 0 bridgehead atoms. The first-order chi connectivity index (χ1) is 8.65. The molecule has 1 saturated carbocycles. The Morgan fingerprint density at radius 2 is 2.28 bits per heavy atom. The molecule has 0 saturated heterocycles. The van der Waals surface area contributed by atoms with E-state index in [4.69, 9.17) is 4.74 Å². The number of nitrogens with one attached hydrogen (secondary N) is 2. The van der Waals surface area contributed by atoms with Gasteiger partial charge in [0.15, 0.2) is 5.96 Å². The number of aromatic nitrogens is 2. The Balaban J connectivity index is 2.00. The molecule has 0 unspecified atom stereocenters. The van der Waals surface area contributed by atoms with Crippen molar-refractivity contribution in [3.63, 3.8) is 0 Å². The highest BCUT2D eigenvalue weighted by Gasteiger charge is 2.22. The second-order valence-corrected chi connectivity index (χ2v) is 4.54. The summed E-state index contributed by atoms with van der Waals surface area (Å²) in [5, 5.41) is 11.0. The fourth-order valence-corrected chi connectivity index (χ4v) is 1.93. The van der Waals surface area contributed by atoms with Crippen LogP contribution in [-0.4, -0.2) is 35.9 Å². The van der Waals surface area contributed by atoms with Crippen LogP contribution in [0.15, 0.2) is 4.99 Å². The zero-order chi connectivity index (χ0) is 13.1. The van der Waals surface area contributed by atoms with E-state index >= 15 is 0 Å². The van der Waals surface area contributed by atoms with Gasteiger partial charge in [-0.1, -0.05) is 0 Å². The number of aryl methyl sites for hydroxylation is 2. The highest BCUT2D eigenvalue weighted by molar-refractivity contribution is 5.80. The number of hydrogen-bond donors (Lipinski definition) is 2. The molecule has 6 heteroatoms. The average molecular weight is 251 g/mol. The van der Waals surface area contributed by atoms with Crippen LogP contribution in [0.2, 0.25) is 0 Å². The van der Waals surface area contributed by atoms with Crippen LogP contribution in [0.3, 0.4) is 0 Å². The van der Waals surface area contributed by atoms with E-state index in [-0.39, 0.29) is 0 Å². The van der Waals surface area contributed by atoms with Crippen LogP contribution in [-0.2, 0) is 13.6 Å². The summed E-state index contributed by atoms with van der Waals surface area (Å²) in [6.45, 7) is 2.64. The van der Waals surface area contributed by atoms with Crippen molar-refractivity contribution in [2.24, 2.45) is 12.0 Å². The summed E-state index contributed by atoms with van der Waals surface area (Å²) >= 11 is 0. The van der Waals surface area contributed by atoms with E-state index < -0.39 is 0 Å². The second kappa shape index (κ2) is 5.29. The predicted octanol–water partition coefficient (Wildman–Crippen LogP) is 0.565. The first kappa shape index (κ1) is 12.7. The van der Waals surface area contributed by atoms with Crippen molar-refractivity contribution in [2.45, 2.75) is 32.4 Å². The number of methoxy groups -OCH3 is 1. The van der Waals surface area contributed by atoms with Gasteiger partial charge in [-0.2, -0.15) is 5.10 Å². The molecular formula is C12H21N5O. The molecule has 0 aromatic carbocycles. The number of aliphatic imine (C=N–C) groups is 1. The molecule has 0 amide bonds. The molecule has 2 N–H and O–H groups in total. The van der Waals surface area contributed by atoms with E-state index in [0.29, 0.717) is 12.6 Å². The molecule has 0 spiro atoms. The Kier molecular flexibility index (Phi) is 3.74. The molecule has 6 nitrogen and oxygen atoms in total. The number of guanidine groups is 1. The maximum Gasteiger partial charge on any atom is 0.216 e. The molecule has 1 heterocycles. The van der Waals surface area contributed by atoms with Crippen molar-refractivity contribution in [3.05, 3.63) is 11.3 Å². The lowest BCUT2D eigenvalue weighted by Crippen LogP contribution is -2.38. The lowest BCUT2D eigenvalue weighted by molar-refractivity contribution is 0.369.